The van der Waals surface area contributed by atoms with Gasteiger partial charge in [0.25, 0.3) is 0 Å². The van der Waals surface area contributed by atoms with E-state index in [0.717, 1.165) is 9.35 Å². The predicted octanol–water partition coefficient (Wildman–Crippen LogP) is 1.38. The van der Waals surface area contributed by atoms with Gasteiger partial charge < -0.3 is 5.73 Å². The molecule has 7 heteroatoms. The molecule has 2 aromatic rings. The second kappa shape index (κ2) is 3.76. The second-order valence-corrected chi connectivity index (χ2v) is 4.94. The Morgan fingerprint density at radius 1 is 1.64 bits per heavy atom. The van der Waals surface area contributed by atoms with Crippen LogP contribution in [-0.4, -0.2) is 20.6 Å². The third kappa shape index (κ3) is 1.70. The predicted molar refractivity (Wildman–Crippen MR) is 57.0 cm³/mol. The van der Waals surface area contributed by atoms with Gasteiger partial charge in [-0.15, -0.1) is 21.5 Å². The van der Waals surface area contributed by atoms with Gasteiger partial charge in [-0.1, -0.05) is 5.21 Å². The van der Waals surface area contributed by atoms with E-state index in [0.29, 0.717) is 5.82 Å². The molecule has 0 aliphatic carbocycles. The zero-order valence-corrected chi connectivity index (χ0v) is 9.76. The molecule has 0 radical (unpaired) electrons. The number of thiophene rings is 1. The molecule has 14 heavy (non-hydrogen) atoms. The first kappa shape index (κ1) is 9.75. The van der Waals surface area contributed by atoms with Crippen LogP contribution >= 0.6 is 27.3 Å². The Morgan fingerprint density at radius 3 is 2.93 bits per heavy atom. The van der Waals surface area contributed by atoms with Crippen LogP contribution in [0.5, 0.6) is 0 Å². The molecule has 0 aliphatic rings. The van der Waals surface area contributed by atoms with Crippen LogP contribution in [0.25, 0.3) is 0 Å². The fourth-order valence-electron chi connectivity index (χ4n) is 1.06. The summed E-state index contributed by atoms with van der Waals surface area (Å²) in [5.41, 5.74) is 5.95. The molecule has 2 rings (SSSR count). The molecule has 5 nitrogen and oxygen atoms in total. The van der Waals surface area contributed by atoms with Crippen LogP contribution in [0.3, 0.4) is 0 Å². The third-order valence-corrected chi connectivity index (χ3v) is 4.04. The number of nitrogens with one attached hydrogen (secondary N) is 1. The maximum absolute atomic E-state index is 5.95. The summed E-state index contributed by atoms with van der Waals surface area (Å²) in [6, 6.07) is 1.69. The van der Waals surface area contributed by atoms with Crippen molar-refractivity contribution in [1.82, 2.24) is 20.6 Å². The van der Waals surface area contributed by atoms with Crippen LogP contribution in [-0.2, 0) is 0 Å². The van der Waals surface area contributed by atoms with Gasteiger partial charge in [-0.05, 0) is 28.9 Å². The summed E-state index contributed by atoms with van der Waals surface area (Å²) in [5, 5.41) is 13.6. The van der Waals surface area contributed by atoms with Crippen molar-refractivity contribution in [2.45, 2.75) is 13.0 Å². The van der Waals surface area contributed by atoms with E-state index in [1.165, 1.54) is 4.88 Å². The zero-order chi connectivity index (χ0) is 10.1. The summed E-state index contributed by atoms with van der Waals surface area (Å²) in [6.45, 7) is 2.03. The lowest BCUT2D eigenvalue weighted by atomic mass is 10.2. The van der Waals surface area contributed by atoms with Crippen molar-refractivity contribution < 1.29 is 0 Å². The van der Waals surface area contributed by atoms with Gasteiger partial charge in [0, 0.05) is 14.2 Å². The Kier molecular flexibility index (Phi) is 2.62. The van der Waals surface area contributed by atoms with E-state index in [-0.39, 0.29) is 6.04 Å². The molecular formula is C7H8BrN5S. The van der Waals surface area contributed by atoms with E-state index in [9.17, 15) is 0 Å². The minimum atomic E-state index is -0.302. The summed E-state index contributed by atoms with van der Waals surface area (Å²) in [7, 11) is 0. The molecule has 0 amide bonds. The molecular weight excluding hydrogens is 266 g/mol. The van der Waals surface area contributed by atoms with Crippen LogP contribution in [0.1, 0.15) is 21.6 Å². The molecule has 0 aromatic carbocycles. The van der Waals surface area contributed by atoms with Gasteiger partial charge >= 0.3 is 0 Å². The number of tetrazole rings is 1. The number of aromatic nitrogens is 4. The van der Waals surface area contributed by atoms with Crippen molar-refractivity contribution in [3.63, 3.8) is 0 Å². The number of hydrogen-bond donors (Lipinski definition) is 2. The number of H-pyrrole nitrogens is 1. The summed E-state index contributed by atoms with van der Waals surface area (Å²) in [5.74, 6) is 0.513. The number of rotatable bonds is 2. The molecule has 1 unspecified atom stereocenters. The number of nitrogens with zero attached hydrogens (tertiary/aromatic N) is 3. The highest BCUT2D eigenvalue weighted by Gasteiger charge is 2.16. The first-order valence-electron chi connectivity index (χ1n) is 3.93. The van der Waals surface area contributed by atoms with Gasteiger partial charge in [0.1, 0.15) is 6.04 Å². The van der Waals surface area contributed by atoms with Gasteiger partial charge in [-0.2, -0.15) is 5.21 Å². The number of nitrogens with two attached hydrogens (primary N) is 1. The maximum Gasteiger partial charge on any atom is 0.196 e. The minimum Gasteiger partial charge on any atom is -0.317 e. The molecule has 3 N–H and O–H groups in total. The van der Waals surface area contributed by atoms with Gasteiger partial charge in [0.05, 0.1) is 0 Å². The molecule has 1 atom stereocenters. The smallest absolute Gasteiger partial charge is 0.196 e. The molecule has 0 bridgehead atoms. The van der Waals surface area contributed by atoms with Crippen molar-refractivity contribution in [1.29, 1.82) is 0 Å². The Bertz CT molecular complexity index is 404. The van der Waals surface area contributed by atoms with E-state index in [4.69, 9.17) is 5.73 Å². The van der Waals surface area contributed by atoms with E-state index >= 15 is 0 Å². The number of hydrogen-bond acceptors (Lipinski definition) is 5. The maximum atomic E-state index is 5.95. The number of aromatic amines is 1. The molecule has 0 saturated carbocycles. The molecule has 2 heterocycles. The average molecular weight is 274 g/mol. The number of aryl methyl sites for hydroxylation is 1. The molecule has 0 aliphatic heterocycles. The van der Waals surface area contributed by atoms with Crippen LogP contribution in [0.2, 0.25) is 0 Å². The van der Waals surface area contributed by atoms with Crippen molar-refractivity contribution in [2.75, 3.05) is 0 Å². The Labute approximate surface area is 92.8 Å². The SMILES string of the molecule is Cc1sc(C(N)c2nn[nH]n2)cc1Br. The van der Waals surface area contributed by atoms with E-state index in [1.54, 1.807) is 11.3 Å². The summed E-state index contributed by atoms with van der Waals surface area (Å²) < 4.78 is 1.07. The molecule has 0 fully saturated rings. The third-order valence-electron chi connectivity index (χ3n) is 1.82. The standard InChI is InChI=1S/C7H8BrN5S/c1-3-4(8)2-5(14-3)6(9)7-10-12-13-11-7/h2,6H,9H2,1H3,(H,10,11,12,13). The monoisotopic (exact) mass is 273 g/mol. The number of halogens is 1. The topological polar surface area (TPSA) is 80.5 Å². The van der Waals surface area contributed by atoms with Gasteiger partial charge in [-0.25, -0.2) is 0 Å². The fraction of sp³-hybridized carbons (Fsp3) is 0.286. The fourth-order valence-corrected chi connectivity index (χ4v) is 2.62. The van der Waals surface area contributed by atoms with Gasteiger partial charge in [-0.3, -0.25) is 0 Å². The largest absolute Gasteiger partial charge is 0.317 e. The summed E-state index contributed by atoms with van der Waals surface area (Å²) in [4.78, 5) is 2.22. The quantitative estimate of drug-likeness (QED) is 0.867. The van der Waals surface area contributed by atoms with Crippen molar-refractivity contribution in [2.24, 2.45) is 5.73 Å². The molecule has 0 saturated heterocycles. The van der Waals surface area contributed by atoms with Crippen LogP contribution in [0.4, 0.5) is 0 Å². The first-order valence-corrected chi connectivity index (χ1v) is 5.54. The Hall–Kier alpha value is -0.790. The molecule has 0 spiro atoms. The Morgan fingerprint density at radius 2 is 2.43 bits per heavy atom. The van der Waals surface area contributed by atoms with Gasteiger partial charge in [0.2, 0.25) is 0 Å². The first-order chi connectivity index (χ1) is 6.68. The average Bonchev–Trinajstić information content (AvgIpc) is 2.76. The highest BCUT2D eigenvalue weighted by Crippen LogP contribution is 2.31. The zero-order valence-electron chi connectivity index (χ0n) is 7.36. The highest BCUT2D eigenvalue weighted by molar-refractivity contribution is 9.10. The highest BCUT2D eigenvalue weighted by atomic mass is 79.9. The molecule has 2 aromatic heterocycles. The summed E-state index contributed by atoms with van der Waals surface area (Å²) >= 11 is 5.07. The van der Waals surface area contributed by atoms with Crippen molar-refractivity contribution in [3.8, 4) is 0 Å². The lowest BCUT2D eigenvalue weighted by Gasteiger charge is -2.01. The normalized spacial score (nSPS) is 13.1. The van der Waals surface area contributed by atoms with Crippen LogP contribution < -0.4 is 5.73 Å². The summed E-state index contributed by atoms with van der Waals surface area (Å²) in [6.07, 6.45) is 0. The van der Waals surface area contributed by atoms with Crippen molar-refractivity contribution >= 4 is 27.3 Å². The van der Waals surface area contributed by atoms with Crippen LogP contribution in [0, 0.1) is 6.92 Å². The Balaban J connectivity index is 2.32. The van der Waals surface area contributed by atoms with Crippen molar-refractivity contribution in [3.05, 3.63) is 26.1 Å². The lowest BCUT2D eigenvalue weighted by molar-refractivity contribution is 0.799. The van der Waals surface area contributed by atoms with Gasteiger partial charge in [0.15, 0.2) is 5.82 Å². The van der Waals surface area contributed by atoms with E-state index in [1.807, 2.05) is 13.0 Å². The molecule has 74 valence electrons. The lowest BCUT2D eigenvalue weighted by Crippen LogP contribution is -2.12. The second-order valence-electron chi connectivity index (χ2n) is 2.80. The van der Waals surface area contributed by atoms with E-state index < -0.39 is 0 Å². The minimum absolute atomic E-state index is 0.302. The van der Waals surface area contributed by atoms with Crippen LogP contribution in [0.15, 0.2) is 10.5 Å². The van der Waals surface area contributed by atoms with E-state index in [2.05, 4.69) is 36.6 Å².